The van der Waals surface area contributed by atoms with Crippen LogP contribution in [0.1, 0.15) is 33.9 Å². The zero-order valence-electron chi connectivity index (χ0n) is 17.1. The number of rotatable bonds is 5. The Kier molecular flexibility index (Phi) is 5.18. The maximum atomic E-state index is 12.6. The summed E-state index contributed by atoms with van der Waals surface area (Å²) in [6.45, 7) is 5.70. The van der Waals surface area contributed by atoms with Crippen molar-refractivity contribution < 1.29 is 18.7 Å². The maximum absolute atomic E-state index is 12.6. The van der Waals surface area contributed by atoms with Gasteiger partial charge < -0.3 is 19.3 Å². The second-order valence-electron chi connectivity index (χ2n) is 7.57. The molecule has 0 aliphatic heterocycles. The molecule has 4 rings (SSSR count). The van der Waals surface area contributed by atoms with Gasteiger partial charge in [-0.05, 0) is 43.5 Å². The van der Waals surface area contributed by atoms with Crippen LogP contribution in [0.3, 0.4) is 0 Å². The van der Waals surface area contributed by atoms with E-state index in [1.807, 2.05) is 45.0 Å². The molecule has 4 aromatic rings. The van der Waals surface area contributed by atoms with Gasteiger partial charge in [0, 0.05) is 22.9 Å². The summed E-state index contributed by atoms with van der Waals surface area (Å²) in [7, 11) is 0. The third-order valence-electron chi connectivity index (χ3n) is 5.55. The zero-order chi connectivity index (χ0) is 21.4. The number of aryl methyl sites for hydroxylation is 3. The number of nitrogens with one attached hydrogen (secondary N) is 1. The number of amides is 1. The molecule has 154 valence electrons. The minimum atomic E-state index is -0.816. The summed E-state index contributed by atoms with van der Waals surface area (Å²) in [5.74, 6) is -0.350. The Morgan fingerprint density at radius 2 is 1.80 bits per heavy atom. The van der Waals surface area contributed by atoms with E-state index >= 15 is 0 Å². The second-order valence-corrected chi connectivity index (χ2v) is 7.57. The van der Waals surface area contributed by atoms with Gasteiger partial charge in [-0.2, -0.15) is 0 Å². The molecule has 0 aliphatic rings. The highest BCUT2D eigenvalue weighted by Gasteiger charge is 2.19. The van der Waals surface area contributed by atoms with Crippen molar-refractivity contribution in [1.29, 1.82) is 0 Å². The minimum absolute atomic E-state index is 0.0642. The van der Waals surface area contributed by atoms with Gasteiger partial charge in [0.2, 0.25) is 5.91 Å². The molecule has 0 aliphatic carbocycles. The average Bonchev–Trinajstić information content (AvgIpc) is 3.12. The lowest BCUT2D eigenvalue weighted by Gasteiger charge is -2.13. The molecule has 2 aromatic heterocycles. The summed E-state index contributed by atoms with van der Waals surface area (Å²) in [4.78, 5) is 25.1. The van der Waals surface area contributed by atoms with E-state index in [1.165, 1.54) is 0 Å². The highest BCUT2D eigenvalue weighted by molar-refractivity contribution is 6.00. The van der Waals surface area contributed by atoms with E-state index in [9.17, 15) is 14.7 Å². The van der Waals surface area contributed by atoms with Crippen molar-refractivity contribution in [2.75, 3.05) is 6.54 Å². The van der Waals surface area contributed by atoms with Gasteiger partial charge in [0.25, 0.3) is 0 Å². The van der Waals surface area contributed by atoms with Crippen molar-refractivity contribution in [3.05, 3.63) is 80.9 Å². The maximum Gasteiger partial charge on any atom is 0.340 e. The average molecular weight is 405 g/mol. The summed E-state index contributed by atoms with van der Waals surface area (Å²) in [6, 6.07) is 11.0. The molecule has 2 N–H and O–H groups in total. The predicted molar refractivity (Wildman–Crippen MR) is 115 cm³/mol. The lowest BCUT2D eigenvalue weighted by Crippen LogP contribution is -2.31. The van der Waals surface area contributed by atoms with Gasteiger partial charge in [-0.3, -0.25) is 4.79 Å². The minimum Gasteiger partial charge on any atom is -0.464 e. The van der Waals surface area contributed by atoms with Crippen molar-refractivity contribution in [2.45, 2.75) is 33.3 Å². The lowest BCUT2D eigenvalue weighted by molar-refractivity contribution is -0.120. The smallest absolute Gasteiger partial charge is 0.340 e. The van der Waals surface area contributed by atoms with Gasteiger partial charge in [0.1, 0.15) is 11.2 Å². The van der Waals surface area contributed by atoms with E-state index in [2.05, 4.69) is 5.32 Å². The Hall–Kier alpha value is -3.38. The number of hydrogen-bond acceptors (Lipinski definition) is 5. The Morgan fingerprint density at radius 3 is 2.53 bits per heavy atom. The van der Waals surface area contributed by atoms with Crippen LogP contribution < -0.4 is 10.9 Å². The fraction of sp³-hybridized carbons (Fsp3) is 0.250. The Morgan fingerprint density at radius 1 is 1.07 bits per heavy atom. The van der Waals surface area contributed by atoms with E-state index in [-0.39, 0.29) is 18.9 Å². The Labute approximate surface area is 173 Å². The van der Waals surface area contributed by atoms with Gasteiger partial charge in [-0.25, -0.2) is 4.79 Å². The molecule has 1 unspecified atom stereocenters. The normalized spacial score (nSPS) is 12.4. The lowest BCUT2D eigenvalue weighted by atomic mass is 9.99. The van der Waals surface area contributed by atoms with Gasteiger partial charge >= 0.3 is 5.63 Å². The molecule has 0 fully saturated rings. The first kappa shape index (κ1) is 19.9. The van der Waals surface area contributed by atoms with E-state index in [0.29, 0.717) is 27.9 Å². The number of aliphatic hydroxyl groups excluding tert-OH is 1. The zero-order valence-corrected chi connectivity index (χ0v) is 17.1. The topological polar surface area (TPSA) is 92.7 Å². The van der Waals surface area contributed by atoms with Gasteiger partial charge in [-0.1, -0.05) is 30.3 Å². The third-order valence-corrected chi connectivity index (χ3v) is 5.55. The fourth-order valence-corrected chi connectivity index (χ4v) is 3.75. The predicted octanol–water partition coefficient (Wildman–Crippen LogP) is 3.86. The number of hydrogen-bond donors (Lipinski definition) is 2. The molecule has 6 nitrogen and oxygen atoms in total. The van der Waals surface area contributed by atoms with E-state index in [0.717, 1.165) is 21.9 Å². The summed E-state index contributed by atoms with van der Waals surface area (Å²) in [5, 5.41) is 14.7. The van der Waals surface area contributed by atoms with Crippen LogP contribution >= 0.6 is 0 Å². The van der Waals surface area contributed by atoms with Crippen LogP contribution in [-0.4, -0.2) is 17.6 Å². The molecule has 0 saturated carbocycles. The Bertz CT molecular complexity index is 1300. The van der Waals surface area contributed by atoms with Crippen molar-refractivity contribution in [3.8, 4) is 0 Å². The first-order chi connectivity index (χ1) is 14.4. The molecule has 1 amide bonds. The molecule has 30 heavy (non-hydrogen) atoms. The standard InChI is InChI=1S/C24H23NO5/c1-13-12-29-22-15(3)23-18(9-17(13)22)14(2)19(24(28)30-23)10-21(27)25-11-20(26)16-7-5-4-6-8-16/h4-9,12,20,26H,10-11H2,1-3H3,(H,25,27). The number of aliphatic hydroxyl groups is 1. The molecule has 0 saturated heterocycles. The second kappa shape index (κ2) is 7.80. The molecule has 1 atom stereocenters. The molecule has 0 radical (unpaired) electrons. The van der Waals surface area contributed by atoms with Crippen LogP contribution in [0.5, 0.6) is 0 Å². The number of furan rings is 1. The van der Waals surface area contributed by atoms with Crippen molar-refractivity contribution >= 4 is 27.8 Å². The van der Waals surface area contributed by atoms with Crippen LogP contribution in [0, 0.1) is 20.8 Å². The van der Waals surface area contributed by atoms with Gasteiger partial charge in [0.05, 0.1) is 24.4 Å². The Balaban J connectivity index is 1.61. The summed E-state index contributed by atoms with van der Waals surface area (Å²) >= 11 is 0. The van der Waals surface area contributed by atoms with Crippen LogP contribution in [-0.2, 0) is 11.2 Å². The van der Waals surface area contributed by atoms with Crippen LogP contribution in [0.25, 0.3) is 21.9 Å². The highest BCUT2D eigenvalue weighted by Crippen LogP contribution is 2.32. The van der Waals surface area contributed by atoms with Crippen LogP contribution in [0.2, 0.25) is 0 Å². The van der Waals surface area contributed by atoms with Crippen molar-refractivity contribution in [3.63, 3.8) is 0 Å². The number of carbonyl (C=O) groups is 1. The summed E-state index contributed by atoms with van der Waals surface area (Å²) in [6.07, 6.45) is 0.743. The first-order valence-electron chi connectivity index (χ1n) is 9.80. The summed E-state index contributed by atoms with van der Waals surface area (Å²) in [5.41, 5.74) is 4.14. The fourth-order valence-electron chi connectivity index (χ4n) is 3.75. The molecular weight excluding hydrogens is 382 g/mol. The number of fused-ring (bicyclic) bond motifs is 2. The molecule has 2 heterocycles. The highest BCUT2D eigenvalue weighted by atomic mass is 16.4. The van der Waals surface area contributed by atoms with E-state index in [4.69, 9.17) is 8.83 Å². The van der Waals surface area contributed by atoms with Crippen molar-refractivity contribution in [1.82, 2.24) is 5.32 Å². The SMILES string of the molecule is Cc1coc2c(C)c3oc(=O)c(CC(=O)NCC(O)c4ccccc4)c(C)c3cc12. The van der Waals surface area contributed by atoms with Crippen LogP contribution in [0.4, 0.5) is 0 Å². The van der Waals surface area contributed by atoms with E-state index < -0.39 is 11.7 Å². The monoisotopic (exact) mass is 405 g/mol. The van der Waals surface area contributed by atoms with Gasteiger partial charge in [0.15, 0.2) is 0 Å². The first-order valence-corrected chi connectivity index (χ1v) is 9.80. The van der Waals surface area contributed by atoms with Crippen molar-refractivity contribution in [2.24, 2.45) is 0 Å². The number of carbonyl (C=O) groups excluding carboxylic acids is 1. The molecule has 2 aromatic carbocycles. The largest absolute Gasteiger partial charge is 0.464 e. The molecule has 0 bridgehead atoms. The van der Waals surface area contributed by atoms with E-state index in [1.54, 1.807) is 18.4 Å². The molecule has 0 spiro atoms. The quantitative estimate of drug-likeness (QED) is 0.492. The molecular formula is C24H23NO5. The number of benzene rings is 2. The van der Waals surface area contributed by atoms with Crippen LogP contribution in [0.15, 0.2) is 56.3 Å². The third kappa shape index (κ3) is 3.50. The molecule has 6 heteroatoms. The summed E-state index contributed by atoms with van der Waals surface area (Å²) < 4.78 is 11.2. The van der Waals surface area contributed by atoms with Gasteiger partial charge in [-0.15, -0.1) is 0 Å².